The second kappa shape index (κ2) is 3.61. The third kappa shape index (κ3) is 1.54. The van der Waals surface area contributed by atoms with E-state index < -0.39 is 0 Å². The summed E-state index contributed by atoms with van der Waals surface area (Å²) in [6.07, 6.45) is 5.85. The number of aromatic amines is 1. The predicted molar refractivity (Wildman–Crippen MR) is 60.6 cm³/mol. The molecule has 4 heteroatoms. The highest BCUT2D eigenvalue weighted by atomic mass is 127. The van der Waals surface area contributed by atoms with Gasteiger partial charge < -0.3 is 4.98 Å². The molecule has 0 aliphatic heterocycles. The zero-order valence-electron chi connectivity index (χ0n) is 7.34. The fourth-order valence-electron chi connectivity index (χ4n) is 1.35. The van der Waals surface area contributed by atoms with Crippen LogP contribution in [0.1, 0.15) is 18.9 Å². The van der Waals surface area contributed by atoms with E-state index in [1.54, 1.807) is 6.33 Å². The van der Waals surface area contributed by atoms with Crippen molar-refractivity contribution in [2.75, 3.05) is 0 Å². The number of aromatic nitrogens is 3. The van der Waals surface area contributed by atoms with E-state index in [0.29, 0.717) is 0 Å². The number of rotatable bonds is 2. The Morgan fingerprint density at radius 3 is 3.08 bits per heavy atom. The maximum absolute atomic E-state index is 4.27. The minimum Gasteiger partial charge on any atom is -0.342 e. The number of halogens is 1. The molecule has 2 aromatic rings. The van der Waals surface area contributed by atoms with Crippen LogP contribution in [0.25, 0.3) is 11.2 Å². The summed E-state index contributed by atoms with van der Waals surface area (Å²) in [7, 11) is 0. The van der Waals surface area contributed by atoms with Gasteiger partial charge in [-0.05, 0) is 34.6 Å². The first-order valence-corrected chi connectivity index (χ1v) is 5.37. The Morgan fingerprint density at radius 1 is 1.46 bits per heavy atom. The van der Waals surface area contributed by atoms with Crippen LogP contribution in [0.15, 0.2) is 12.5 Å². The lowest BCUT2D eigenvalue weighted by atomic mass is 10.2. The molecular weight excluding hydrogens is 277 g/mol. The quantitative estimate of drug-likeness (QED) is 0.862. The third-order valence-corrected chi connectivity index (χ3v) is 3.21. The van der Waals surface area contributed by atoms with Gasteiger partial charge in [0.25, 0.3) is 0 Å². The van der Waals surface area contributed by atoms with Crippen LogP contribution in [0.5, 0.6) is 0 Å². The van der Waals surface area contributed by atoms with E-state index in [4.69, 9.17) is 0 Å². The van der Waals surface area contributed by atoms with Gasteiger partial charge in [-0.3, -0.25) is 0 Å². The van der Waals surface area contributed by atoms with E-state index in [1.807, 2.05) is 6.20 Å². The first kappa shape index (κ1) is 8.93. The molecule has 0 aliphatic carbocycles. The van der Waals surface area contributed by atoms with Gasteiger partial charge in [-0.25, -0.2) is 9.97 Å². The SMILES string of the molecule is CCCc1cnc2nc[nH]c2c1I. The molecule has 0 saturated heterocycles. The van der Waals surface area contributed by atoms with Crippen molar-refractivity contribution in [3.05, 3.63) is 21.7 Å². The Kier molecular flexibility index (Phi) is 2.48. The number of imidazole rings is 1. The van der Waals surface area contributed by atoms with Crippen LogP contribution < -0.4 is 0 Å². The highest BCUT2D eigenvalue weighted by molar-refractivity contribution is 14.1. The van der Waals surface area contributed by atoms with Crippen molar-refractivity contribution in [3.8, 4) is 0 Å². The van der Waals surface area contributed by atoms with Crippen molar-refractivity contribution in [1.82, 2.24) is 15.0 Å². The molecule has 0 amide bonds. The van der Waals surface area contributed by atoms with Crippen LogP contribution in [0.3, 0.4) is 0 Å². The summed E-state index contributed by atoms with van der Waals surface area (Å²) in [5.41, 5.74) is 3.18. The summed E-state index contributed by atoms with van der Waals surface area (Å²) in [4.78, 5) is 11.5. The summed E-state index contributed by atoms with van der Waals surface area (Å²) in [5, 5.41) is 0. The van der Waals surface area contributed by atoms with Crippen LogP contribution in [-0.2, 0) is 6.42 Å². The number of H-pyrrole nitrogens is 1. The van der Waals surface area contributed by atoms with Crippen LogP contribution in [0.4, 0.5) is 0 Å². The molecule has 0 bridgehead atoms. The summed E-state index contributed by atoms with van der Waals surface area (Å²) in [5.74, 6) is 0. The fraction of sp³-hybridized carbons (Fsp3) is 0.333. The molecule has 0 spiro atoms. The van der Waals surface area contributed by atoms with Crippen molar-refractivity contribution >= 4 is 33.8 Å². The van der Waals surface area contributed by atoms with Gasteiger partial charge in [0.2, 0.25) is 0 Å². The van der Waals surface area contributed by atoms with Crippen molar-refractivity contribution in [2.24, 2.45) is 0 Å². The Hall–Kier alpha value is -0.650. The van der Waals surface area contributed by atoms with Crippen LogP contribution in [0, 0.1) is 3.57 Å². The topological polar surface area (TPSA) is 41.6 Å². The number of nitrogens with zero attached hydrogens (tertiary/aromatic N) is 2. The number of aryl methyl sites for hydroxylation is 1. The van der Waals surface area contributed by atoms with E-state index in [1.165, 1.54) is 9.13 Å². The highest BCUT2D eigenvalue weighted by Crippen LogP contribution is 2.20. The maximum Gasteiger partial charge on any atom is 0.178 e. The molecule has 0 radical (unpaired) electrons. The van der Waals surface area contributed by atoms with Crippen LogP contribution in [-0.4, -0.2) is 15.0 Å². The Morgan fingerprint density at radius 2 is 2.31 bits per heavy atom. The third-order valence-electron chi connectivity index (χ3n) is 1.98. The first-order chi connectivity index (χ1) is 6.33. The van der Waals surface area contributed by atoms with Crippen molar-refractivity contribution in [1.29, 1.82) is 0 Å². The van der Waals surface area contributed by atoms with E-state index in [-0.39, 0.29) is 0 Å². The molecule has 2 rings (SSSR count). The number of hydrogen-bond acceptors (Lipinski definition) is 2. The lowest BCUT2D eigenvalue weighted by molar-refractivity contribution is 0.911. The lowest BCUT2D eigenvalue weighted by Crippen LogP contribution is -1.91. The van der Waals surface area contributed by atoms with Gasteiger partial charge in [0.15, 0.2) is 5.65 Å². The minimum absolute atomic E-state index is 0.809. The number of fused-ring (bicyclic) bond motifs is 1. The smallest absolute Gasteiger partial charge is 0.178 e. The molecule has 1 N–H and O–H groups in total. The first-order valence-electron chi connectivity index (χ1n) is 4.29. The fourth-order valence-corrected chi connectivity index (χ4v) is 2.15. The second-order valence-electron chi connectivity index (χ2n) is 2.95. The number of pyridine rings is 1. The zero-order chi connectivity index (χ0) is 9.26. The van der Waals surface area contributed by atoms with Crippen molar-refractivity contribution in [3.63, 3.8) is 0 Å². The Balaban J connectivity index is 2.59. The molecule has 2 aromatic heterocycles. The van der Waals surface area contributed by atoms with Crippen molar-refractivity contribution in [2.45, 2.75) is 19.8 Å². The summed E-state index contributed by atoms with van der Waals surface area (Å²) < 4.78 is 1.25. The molecule has 0 aliphatic rings. The molecule has 0 fully saturated rings. The lowest BCUT2D eigenvalue weighted by Gasteiger charge is -2.01. The average Bonchev–Trinajstić information content (AvgIpc) is 2.58. The van der Waals surface area contributed by atoms with Crippen molar-refractivity contribution < 1.29 is 0 Å². The molecule has 0 aromatic carbocycles. The highest BCUT2D eigenvalue weighted by Gasteiger charge is 2.06. The minimum atomic E-state index is 0.809. The van der Waals surface area contributed by atoms with Crippen LogP contribution in [0.2, 0.25) is 0 Å². The van der Waals surface area contributed by atoms with Gasteiger partial charge in [0.1, 0.15) is 0 Å². The molecule has 0 atom stereocenters. The van der Waals surface area contributed by atoms with Gasteiger partial charge in [0.05, 0.1) is 11.8 Å². The van der Waals surface area contributed by atoms with Gasteiger partial charge in [-0.1, -0.05) is 13.3 Å². The van der Waals surface area contributed by atoms with E-state index in [0.717, 1.165) is 24.0 Å². The standard InChI is InChI=1S/C9H10IN3/c1-2-3-6-4-11-9-8(7(6)10)12-5-13-9/h4-5H,2-3H2,1H3,(H,11,12,13). The Bertz CT molecular complexity index is 422. The largest absolute Gasteiger partial charge is 0.342 e. The molecular formula is C9H10IN3. The second-order valence-corrected chi connectivity index (χ2v) is 4.03. The van der Waals surface area contributed by atoms with Gasteiger partial charge in [-0.15, -0.1) is 0 Å². The van der Waals surface area contributed by atoms with E-state index >= 15 is 0 Å². The summed E-state index contributed by atoms with van der Waals surface area (Å²) in [6, 6.07) is 0. The zero-order valence-corrected chi connectivity index (χ0v) is 9.50. The average molecular weight is 287 g/mol. The molecule has 0 saturated carbocycles. The number of nitrogens with one attached hydrogen (secondary N) is 1. The van der Waals surface area contributed by atoms with Crippen LogP contribution >= 0.6 is 22.6 Å². The monoisotopic (exact) mass is 287 g/mol. The van der Waals surface area contributed by atoms with E-state index in [2.05, 4.69) is 44.5 Å². The molecule has 13 heavy (non-hydrogen) atoms. The molecule has 3 nitrogen and oxygen atoms in total. The van der Waals surface area contributed by atoms with Gasteiger partial charge >= 0.3 is 0 Å². The Labute approximate surface area is 90.1 Å². The van der Waals surface area contributed by atoms with E-state index in [9.17, 15) is 0 Å². The maximum atomic E-state index is 4.27. The molecule has 2 heterocycles. The predicted octanol–water partition coefficient (Wildman–Crippen LogP) is 2.52. The van der Waals surface area contributed by atoms with Gasteiger partial charge in [0, 0.05) is 9.77 Å². The molecule has 68 valence electrons. The summed E-state index contributed by atoms with van der Waals surface area (Å²) in [6.45, 7) is 2.17. The normalized spacial score (nSPS) is 10.9. The van der Waals surface area contributed by atoms with Gasteiger partial charge in [-0.2, -0.15) is 0 Å². The number of hydrogen-bond donors (Lipinski definition) is 1. The molecule has 0 unspecified atom stereocenters. The summed E-state index contributed by atoms with van der Waals surface area (Å²) >= 11 is 2.35.